The second-order valence-electron chi connectivity index (χ2n) is 13.9. The Kier molecular flexibility index (Phi) is 5.49. The Bertz CT molecular complexity index is 2650. The molecule has 0 saturated heterocycles. The van der Waals surface area contributed by atoms with Gasteiger partial charge in [-0.1, -0.05) is 97.1 Å². The highest BCUT2D eigenvalue weighted by Gasteiger charge is 2.34. The molecule has 228 valence electrons. The van der Waals surface area contributed by atoms with Crippen molar-refractivity contribution in [2.45, 2.75) is 31.6 Å². The Labute approximate surface area is 278 Å². The van der Waals surface area contributed by atoms with Crippen LogP contribution in [0.5, 0.6) is 5.75 Å². The first-order chi connectivity index (χ1) is 23.8. The van der Waals surface area contributed by atoms with Gasteiger partial charge in [0.1, 0.15) is 22.7 Å². The minimum Gasteiger partial charge on any atom is -0.461 e. The van der Waals surface area contributed by atoms with Crippen LogP contribution < -0.4 is 4.74 Å². The van der Waals surface area contributed by atoms with Crippen molar-refractivity contribution in [2.75, 3.05) is 0 Å². The second kappa shape index (κ2) is 9.95. The second-order valence-corrected chi connectivity index (χ2v) is 13.9. The number of hydrogen-bond donors (Lipinski definition) is 0. The zero-order chi connectivity index (χ0) is 31.3. The Morgan fingerprint density at radius 1 is 0.562 bits per heavy atom. The number of allylic oxidation sites excluding steroid dienone is 10. The summed E-state index contributed by atoms with van der Waals surface area (Å²) in [7, 11) is 0. The van der Waals surface area contributed by atoms with E-state index in [2.05, 4.69) is 121 Å². The average molecular weight is 617 g/mol. The molecule has 2 heteroatoms. The van der Waals surface area contributed by atoms with Gasteiger partial charge in [-0.2, -0.15) is 0 Å². The molecule has 11 rings (SSSR count). The van der Waals surface area contributed by atoms with Crippen molar-refractivity contribution in [2.24, 2.45) is 5.92 Å². The van der Waals surface area contributed by atoms with Gasteiger partial charge < -0.3 is 9.15 Å². The van der Waals surface area contributed by atoms with Gasteiger partial charge in [0.15, 0.2) is 0 Å². The number of fused-ring (bicyclic) bond motifs is 10. The first kappa shape index (κ1) is 26.5. The van der Waals surface area contributed by atoms with E-state index < -0.39 is 0 Å². The van der Waals surface area contributed by atoms with Gasteiger partial charge in [-0.05, 0) is 128 Å². The van der Waals surface area contributed by atoms with Crippen molar-refractivity contribution in [3.63, 3.8) is 0 Å². The molecule has 2 atom stereocenters. The van der Waals surface area contributed by atoms with Crippen LogP contribution in [0.25, 0.3) is 65.4 Å². The smallest absolute Gasteiger partial charge is 0.136 e. The molecule has 7 aromatic rings. The summed E-state index contributed by atoms with van der Waals surface area (Å²) in [4.78, 5) is 0. The predicted molar refractivity (Wildman–Crippen MR) is 199 cm³/mol. The van der Waals surface area contributed by atoms with Crippen molar-refractivity contribution in [3.05, 3.63) is 162 Å². The van der Waals surface area contributed by atoms with Crippen molar-refractivity contribution >= 4 is 65.4 Å². The zero-order valence-corrected chi connectivity index (χ0v) is 26.5. The highest BCUT2D eigenvalue weighted by atomic mass is 16.5. The standard InChI is InChI=1S/C46H32O2/c1-2-10-28-21-29(18-17-27(28)9-1)45-34-12-3-5-14-36(34)46(37-15-6-4-13-35(37)45)30-19-20-42-39(22-30)40-24-31-23-38-33-11-7-8-16-41(33)47-43(38)25-32(31)26-44(40)48-42/h1,3-9,11-20,23-26,28,39H,2,10,21-22H2. The Balaban J connectivity index is 1.05. The molecule has 0 saturated carbocycles. The molecule has 0 fully saturated rings. The third kappa shape index (κ3) is 3.80. The first-order valence-electron chi connectivity index (χ1n) is 17.3. The zero-order valence-electron chi connectivity index (χ0n) is 26.5. The maximum absolute atomic E-state index is 6.56. The van der Waals surface area contributed by atoms with Gasteiger partial charge in [0, 0.05) is 22.3 Å². The maximum atomic E-state index is 6.56. The van der Waals surface area contributed by atoms with Crippen molar-refractivity contribution in [1.29, 1.82) is 0 Å². The van der Waals surface area contributed by atoms with E-state index in [1.165, 1.54) is 73.2 Å². The highest BCUT2D eigenvalue weighted by Crippen LogP contribution is 2.52. The summed E-state index contributed by atoms with van der Waals surface area (Å²) >= 11 is 0. The lowest BCUT2D eigenvalue weighted by molar-refractivity contribution is 0.427. The molecule has 0 bridgehead atoms. The van der Waals surface area contributed by atoms with E-state index in [1.807, 2.05) is 12.1 Å². The summed E-state index contributed by atoms with van der Waals surface area (Å²) in [6.45, 7) is 0. The van der Waals surface area contributed by atoms with Crippen LogP contribution in [0.1, 0.15) is 48.3 Å². The van der Waals surface area contributed by atoms with E-state index in [9.17, 15) is 0 Å². The number of ether oxygens (including phenoxy) is 1. The molecule has 0 spiro atoms. The van der Waals surface area contributed by atoms with Crippen LogP contribution in [0.15, 0.2) is 149 Å². The average Bonchev–Trinajstić information content (AvgIpc) is 3.68. The van der Waals surface area contributed by atoms with Gasteiger partial charge in [-0.15, -0.1) is 0 Å². The summed E-state index contributed by atoms with van der Waals surface area (Å²) in [5, 5.41) is 10.1. The molecule has 3 aliphatic carbocycles. The van der Waals surface area contributed by atoms with E-state index in [1.54, 1.807) is 0 Å². The Morgan fingerprint density at radius 3 is 2.00 bits per heavy atom. The molecule has 2 unspecified atom stereocenters. The van der Waals surface area contributed by atoms with Crippen LogP contribution in [0, 0.1) is 5.92 Å². The van der Waals surface area contributed by atoms with E-state index in [0.29, 0.717) is 5.92 Å². The maximum Gasteiger partial charge on any atom is 0.136 e. The molecular formula is C46H32O2. The van der Waals surface area contributed by atoms with Crippen molar-refractivity contribution in [1.82, 2.24) is 0 Å². The van der Waals surface area contributed by atoms with Crippen LogP contribution in [0.2, 0.25) is 0 Å². The van der Waals surface area contributed by atoms with Gasteiger partial charge in [-0.25, -0.2) is 0 Å². The van der Waals surface area contributed by atoms with Crippen molar-refractivity contribution < 1.29 is 9.15 Å². The Morgan fingerprint density at radius 2 is 1.23 bits per heavy atom. The van der Waals surface area contributed by atoms with Crippen molar-refractivity contribution in [3.8, 4) is 5.75 Å². The molecule has 0 radical (unpaired) electrons. The van der Waals surface area contributed by atoms with Crippen LogP contribution in [-0.2, 0) is 0 Å². The monoisotopic (exact) mass is 616 g/mol. The molecule has 4 aliphatic rings. The van der Waals surface area contributed by atoms with Crippen LogP contribution in [0.3, 0.4) is 0 Å². The van der Waals surface area contributed by atoms with Gasteiger partial charge in [-0.3, -0.25) is 0 Å². The highest BCUT2D eigenvalue weighted by molar-refractivity contribution is 6.16. The molecule has 2 nitrogen and oxygen atoms in total. The predicted octanol–water partition coefficient (Wildman–Crippen LogP) is 12.6. The fourth-order valence-corrected chi connectivity index (χ4v) is 9.01. The van der Waals surface area contributed by atoms with Crippen LogP contribution >= 0.6 is 0 Å². The first-order valence-corrected chi connectivity index (χ1v) is 17.3. The minimum atomic E-state index is 0.183. The lowest BCUT2D eigenvalue weighted by Crippen LogP contribution is -2.11. The van der Waals surface area contributed by atoms with Crippen LogP contribution in [-0.4, -0.2) is 0 Å². The van der Waals surface area contributed by atoms with E-state index in [0.717, 1.165) is 51.7 Å². The van der Waals surface area contributed by atoms with E-state index in [-0.39, 0.29) is 5.92 Å². The number of para-hydroxylation sites is 1. The molecule has 48 heavy (non-hydrogen) atoms. The molecule has 0 N–H and O–H groups in total. The van der Waals surface area contributed by atoms with E-state index in [4.69, 9.17) is 9.15 Å². The van der Waals surface area contributed by atoms with Gasteiger partial charge in [0.2, 0.25) is 0 Å². The molecule has 0 amide bonds. The number of furan rings is 1. The molecular weight excluding hydrogens is 585 g/mol. The summed E-state index contributed by atoms with van der Waals surface area (Å²) in [6.07, 6.45) is 18.4. The third-order valence-electron chi connectivity index (χ3n) is 11.3. The summed E-state index contributed by atoms with van der Waals surface area (Å²) in [5.41, 5.74) is 10.2. The molecule has 6 aromatic carbocycles. The summed E-state index contributed by atoms with van der Waals surface area (Å²) in [5.74, 6) is 2.80. The Hall–Kier alpha value is -5.60. The molecule has 2 heterocycles. The topological polar surface area (TPSA) is 22.4 Å². The van der Waals surface area contributed by atoms with Gasteiger partial charge in [0.05, 0.1) is 0 Å². The quantitative estimate of drug-likeness (QED) is 0.180. The lowest BCUT2D eigenvalue weighted by atomic mass is 9.76. The minimum absolute atomic E-state index is 0.183. The largest absolute Gasteiger partial charge is 0.461 e. The number of rotatable bonds is 2. The number of benzene rings is 6. The lowest BCUT2D eigenvalue weighted by Gasteiger charge is -2.28. The fraction of sp³-hybridized carbons (Fsp3) is 0.130. The molecule has 1 aliphatic heterocycles. The summed E-state index contributed by atoms with van der Waals surface area (Å²) in [6, 6.07) is 35.5. The summed E-state index contributed by atoms with van der Waals surface area (Å²) < 4.78 is 12.8. The number of hydrogen-bond acceptors (Lipinski definition) is 2. The normalized spacial score (nSPS) is 19.9. The van der Waals surface area contributed by atoms with E-state index >= 15 is 0 Å². The third-order valence-corrected chi connectivity index (χ3v) is 11.3. The molecule has 1 aromatic heterocycles. The SMILES string of the molecule is C1=CC2=CC=C(c3c4ccccc4c(C4=CC=C5Oc6cc7cc8oc9ccccc9c8cc7cc6C5C4)c4ccccc34)CC2CC1. The van der Waals surface area contributed by atoms with Crippen LogP contribution in [0.4, 0.5) is 0 Å². The fourth-order valence-electron chi connectivity index (χ4n) is 9.01. The van der Waals surface area contributed by atoms with Gasteiger partial charge in [0.25, 0.3) is 0 Å². The van der Waals surface area contributed by atoms with Gasteiger partial charge >= 0.3 is 0 Å².